The highest BCUT2D eigenvalue weighted by Crippen LogP contribution is 2.05. The van der Waals surface area contributed by atoms with Gasteiger partial charge in [-0.2, -0.15) is 0 Å². The molecule has 14 heavy (non-hydrogen) atoms. The lowest BCUT2D eigenvalue weighted by Crippen LogP contribution is -2.35. The first kappa shape index (κ1) is 13.4. The molecule has 1 atom stereocenters. The Bertz CT molecular complexity index is 160. The molecule has 84 valence electrons. The van der Waals surface area contributed by atoms with Gasteiger partial charge in [-0.05, 0) is 18.9 Å². The van der Waals surface area contributed by atoms with Gasteiger partial charge >= 0.3 is 0 Å². The number of rotatable bonds is 7. The molecule has 0 fully saturated rings. The molecule has 0 aliphatic heterocycles. The summed E-state index contributed by atoms with van der Waals surface area (Å²) < 4.78 is 0. The van der Waals surface area contributed by atoms with Gasteiger partial charge < -0.3 is 15.3 Å². The van der Waals surface area contributed by atoms with Crippen LogP contribution in [-0.4, -0.2) is 49.7 Å². The molecule has 0 bridgehead atoms. The number of carbonyl (C=O) groups excluding carboxylic acids is 1. The number of likely N-dealkylation sites (N-methyl/N-ethyl adjacent to an activating group) is 1. The maximum Gasteiger partial charge on any atom is 0.236 e. The topological polar surface area (TPSA) is 52.6 Å². The molecule has 0 saturated carbocycles. The highest BCUT2D eigenvalue weighted by molar-refractivity contribution is 5.77. The normalized spacial score (nSPS) is 12.6. The number of aliphatic hydroxyl groups is 1. The average molecular weight is 202 g/mol. The van der Waals surface area contributed by atoms with Crippen LogP contribution in [-0.2, 0) is 4.79 Å². The summed E-state index contributed by atoms with van der Waals surface area (Å²) in [7, 11) is 3.49. The van der Waals surface area contributed by atoms with Crippen LogP contribution < -0.4 is 5.32 Å². The summed E-state index contributed by atoms with van der Waals surface area (Å²) in [6, 6.07) is 0. The van der Waals surface area contributed by atoms with Gasteiger partial charge in [0.15, 0.2) is 0 Å². The third kappa shape index (κ3) is 5.94. The number of aliphatic hydroxyl groups excluding tert-OH is 1. The number of nitrogens with zero attached hydrogens (tertiary/aromatic N) is 1. The molecule has 4 heteroatoms. The summed E-state index contributed by atoms with van der Waals surface area (Å²) in [5, 5.41) is 11.9. The molecule has 0 aromatic heterocycles. The molecular weight excluding hydrogens is 180 g/mol. The van der Waals surface area contributed by atoms with E-state index in [0.29, 0.717) is 12.5 Å². The zero-order valence-electron chi connectivity index (χ0n) is 9.42. The predicted molar refractivity (Wildman–Crippen MR) is 57.0 cm³/mol. The summed E-state index contributed by atoms with van der Waals surface area (Å²) in [6.45, 7) is 3.50. The summed E-state index contributed by atoms with van der Waals surface area (Å²) in [5.41, 5.74) is 0. The average Bonchev–Trinajstić information content (AvgIpc) is 2.16. The standard InChI is InChI=1S/C10H22N2O2/c1-4-9(5-6-13)7-11-8-10(14)12(2)3/h9,11,13H,4-8H2,1-3H3. The maximum atomic E-state index is 11.2. The fourth-order valence-electron chi connectivity index (χ4n) is 1.17. The second-order valence-corrected chi connectivity index (χ2v) is 3.71. The van der Waals surface area contributed by atoms with E-state index in [2.05, 4.69) is 12.2 Å². The van der Waals surface area contributed by atoms with Gasteiger partial charge in [0.2, 0.25) is 5.91 Å². The molecule has 0 heterocycles. The van der Waals surface area contributed by atoms with Crippen molar-refractivity contribution >= 4 is 5.91 Å². The Morgan fingerprint density at radius 2 is 2.14 bits per heavy atom. The van der Waals surface area contributed by atoms with Gasteiger partial charge in [0, 0.05) is 20.7 Å². The van der Waals surface area contributed by atoms with Crippen molar-refractivity contribution in [3.63, 3.8) is 0 Å². The lowest BCUT2D eigenvalue weighted by molar-refractivity contribution is -0.127. The summed E-state index contributed by atoms with van der Waals surface area (Å²) >= 11 is 0. The molecule has 2 N–H and O–H groups in total. The molecule has 0 saturated heterocycles. The van der Waals surface area contributed by atoms with Crippen LogP contribution in [0.4, 0.5) is 0 Å². The Morgan fingerprint density at radius 3 is 2.57 bits per heavy atom. The fraction of sp³-hybridized carbons (Fsp3) is 0.900. The molecule has 0 rings (SSSR count). The van der Waals surface area contributed by atoms with Gasteiger partial charge in [-0.3, -0.25) is 4.79 Å². The van der Waals surface area contributed by atoms with E-state index in [0.717, 1.165) is 19.4 Å². The van der Waals surface area contributed by atoms with Crippen LogP contribution in [0.1, 0.15) is 19.8 Å². The van der Waals surface area contributed by atoms with Crippen LogP contribution in [0.3, 0.4) is 0 Å². The molecule has 0 aromatic carbocycles. The second kappa shape index (κ2) is 7.76. The molecule has 0 radical (unpaired) electrons. The molecule has 1 amide bonds. The lowest BCUT2D eigenvalue weighted by atomic mass is 10.0. The van der Waals surface area contributed by atoms with Crippen LogP contribution >= 0.6 is 0 Å². The van der Waals surface area contributed by atoms with Crippen molar-refractivity contribution in [2.24, 2.45) is 5.92 Å². The number of nitrogens with one attached hydrogen (secondary N) is 1. The molecule has 1 unspecified atom stereocenters. The summed E-state index contributed by atoms with van der Waals surface area (Å²) in [6.07, 6.45) is 1.84. The third-order valence-corrected chi connectivity index (χ3v) is 2.32. The van der Waals surface area contributed by atoms with Gasteiger partial charge in [-0.15, -0.1) is 0 Å². The Balaban J connectivity index is 3.55. The zero-order valence-corrected chi connectivity index (χ0v) is 9.42. The van der Waals surface area contributed by atoms with E-state index in [9.17, 15) is 4.79 Å². The highest BCUT2D eigenvalue weighted by atomic mass is 16.3. The van der Waals surface area contributed by atoms with E-state index in [1.807, 2.05) is 0 Å². The van der Waals surface area contributed by atoms with Crippen LogP contribution in [0, 0.1) is 5.92 Å². The lowest BCUT2D eigenvalue weighted by Gasteiger charge is -2.15. The van der Waals surface area contributed by atoms with E-state index in [-0.39, 0.29) is 12.5 Å². The van der Waals surface area contributed by atoms with Crippen molar-refractivity contribution in [1.82, 2.24) is 10.2 Å². The van der Waals surface area contributed by atoms with Crippen LogP contribution in [0.5, 0.6) is 0 Å². The Kier molecular flexibility index (Phi) is 7.42. The first-order valence-corrected chi connectivity index (χ1v) is 5.13. The quantitative estimate of drug-likeness (QED) is 0.614. The summed E-state index contributed by atoms with van der Waals surface area (Å²) in [4.78, 5) is 12.8. The van der Waals surface area contributed by atoms with Crippen LogP contribution in [0.25, 0.3) is 0 Å². The van der Waals surface area contributed by atoms with Crippen molar-refractivity contribution in [3.05, 3.63) is 0 Å². The summed E-state index contributed by atoms with van der Waals surface area (Å²) in [5.74, 6) is 0.554. The molecule has 0 aliphatic carbocycles. The Labute approximate surface area is 86.3 Å². The van der Waals surface area contributed by atoms with Crippen molar-refractivity contribution in [1.29, 1.82) is 0 Å². The molecule has 0 spiro atoms. The minimum atomic E-state index is 0.0869. The van der Waals surface area contributed by atoms with Crippen molar-refractivity contribution < 1.29 is 9.90 Å². The molecular formula is C10H22N2O2. The highest BCUT2D eigenvalue weighted by Gasteiger charge is 2.07. The largest absolute Gasteiger partial charge is 0.396 e. The first-order chi connectivity index (χ1) is 6.61. The Morgan fingerprint density at radius 1 is 1.50 bits per heavy atom. The van der Waals surface area contributed by atoms with Crippen molar-refractivity contribution in [2.45, 2.75) is 19.8 Å². The second-order valence-electron chi connectivity index (χ2n) is 3.71. The first-order valence-electron chi connectivity index (χ1n) is 5.13. The van der Waals surface area contributed by atoms with E-state index < -0.39 is 0 Å². The van der Waals surface area contributed by atoms with Gasteiger partial charge in [0.05, 0.1) is 6.54 Å². The van der Waals surface area contributed by atoms with Crippen molar-refractivity contribution in [3.8, 4) is 0 Å². The van der Waals surface area contributed by atoms with Crippen LogP contribution in [0.15, 0.2) is 0 Å². The molecule has 4 nitrogen and oxygen atoms in total. The maximum absolute atomic E-state index is 11.2. The van der Waals surface area contributed by atoms with Gasteiger partial charge in [-0.1, -0.05) is 13.3 Å². The van der Waals surface area contributed by atoms with E-state index in [1.165, 1.54) is 0 Å². The van der Waals surface area contributed by atoms with E-state index >= 15 is 0 Å². The van der Waals surface area contributed by atoms with Gasteiger partial charge in [0.1, 0.15) is 0 Å². The van der Waals surface area contributed by atoms with E-state index in [1.54, 1.807) is 19.0 Å². The number of hydrogen-bond donors (Lipinski definition) is 2. The fourth-order valence-corrected chi connectivity index (χ4v) is 1.17. The minimum Gasteiger partial charge on any atom is -0.396 e. The van der Waals surface area contributed by atoms with Crippen molar-refractivity contribution in [2.75, 3.05) is 33.8 Å². The predicted octanol–water partition coefficient (Wildman–Crippen LogP) is 0.0728. The van der Waals surface area contributed by atoms with E-state index in [4.69, 9.17) is 5.11 Å². The third-order valence-electron chi connectivity index (χ3n) is 2.32. The number of carbonyl (C=O) groups is 1. The number of hydrogen-bond acceptors (Lipinski definition) is 3. The molecule has 0 aliphatic rings. The molecule has 0 aromatic rings. The number of amides is 1. The van der Waals surface area contributed by atoms with Gasteiger partial charge in [-0.25, -0.2) is 0 Å². The van der Waals surface area contributed by atoms with Crippen LogP contribution in [0.2, 0.25) is 0 Å². The van der Waals surface area contributed by atoms with Gasteiger partial charge in [0.25, 0.3) is 0 Å². The minimum absolute atomic E-state index is 0.0869. The SMILES string of the molecule is CCC(CCO)CNCC(=O)N(C)C. The Hall–Kier alpha value is -0.610. The zero-order chi connectivity index (χ0) is 11.0. The smallest absolute Gasteiger partial charge is 0.236 e. The monoisotopic (exact) mass is 202 g/mol.